The Morgan fingerprint density at radius 2 is 2.06 bits per heavy atom. The van der Waals surface area contributed by atoms with Crippen molar-refractivity contribution in [1.29, 1.82) is 0 Å². The van der Waals surface area contributed by atoms with Crippen molar-refractivity contribution in [3.05, 3.63) is 0 Å². The van der Waals surface area contributed by atoms with Gasteiger partial charge in [0.15, 0.2) is 13.7 Å². The van der Waals surface area contributed by atoms with E-state index in [1.54, 1.807) is 20.5 Å². The van der Waals surface area contributed by atoms with Gasteiger partial charge in [-0.2, -0.15) is 0 Å². The predicted octanol–water partition coefficient (Wildman–Crippen LogP) is 1.97. The number of ether oxygens (including phenoxy) is 3. The third-order valence-electron chi connectivity index (χ3n) is 2.49. The summed E-state index contributed by atoms with van der Waals surface area (Å²) in [4.78, 5) is 10.8. The molecule has 0 bridgehead atoms. The highest BCUT2D eigenvalue weighted by atomic mass is 31.2. The summed E-state index contributed by atoms with van der Waals surface area (Å²) in [5.74, 6) is -0.411. The number of hydrogen-bond acceptors (Lipinski definition) is 6. The fourth-order valence-corrected chi connectivity index (χ4v) is 3.05. The molecule has 1 saturated heterocycles. The standard InChI is InChI=1S/C11H21O6P/c1-5-14-18(4,13)7-6-10-15-8(2)11(17-10)16-9(3)12/h8,10-11H,5-7H2,1-4H3/t8-,10+,11?,18?/m1/s1. The molecule has 6 nitrogen and oxygen atoms in total. The minimum absolute atomic E-state index is 0.317. The maximum atomic E-state index is 11.9. The van der Waals surface area contributed by atoms with E-state index in [1.807, 2.05) is 0 Å². The van der Waals surface area contributed by atoms with E-state index in [2.05, 4.69) is 0 Å². The van der Waals surface area contributed by atoms with Crippen LogP contribution in [0, 0.1) is 0 Å². The topological polar surface area (TPSA) is 71.1 Å². The highest BCUT2D eigenvalue weighted by Crippen LogP contribution is 2.43. The second kappa shape index (κ2) is 6.66. The molecule has 7 heteroatoms. The van der Waals surface area contributed by atoms with Crippen LogP contribution in [0.3, 0.4) is 0 Å². The molecule has 0 aliphatic carbocycles. The minimum atomic E-state index is -2.58. The summed E-state index contributed by atoms with van der Waals surface area (Å²) < 4.78 is 32.9. The number of esters is 1. The molecular formula is C11H21O6P. The fraction of sp³-hybridized carbons (Fsp3) is 0.909. The molecule has 0 saturated carbocycles. The quantitative estimate of drug-likeness (QED) is 0.547. The highest BCUT2D eigenvalue weighted by Gasteiger charge is 2.36. The van der Waals surface area contributed by atoms with Gasteiger partial charge in [0.2, 0.25) is 6.29 Å². The maximum Gasteiger partial charge on any atom is 0.305 e. The van der Waals surface area contributed by atoms with Crippen LogP contribution in [0.4, 0.5) is 0 Å². The van der Waals surface area contributed by atoms with Gasteiger partial charge in [0, 0.05) is 26.2 Å². The van der Waals surface area contributed by atoms with Gasteiger partial charge >= 0.3 is 5.97 Å². The van der Waals surface area contributed by atoms with E-state index < -0.39 is 25.9 Å². The first-order valence-corrected chi connectivity index (χ1v) is 8.29. The van der Waals surface area contributed by atoms with Crippen molar-refractivity contribution < 1.29 is 28.1 Å². The lowest BCUT2D eigenvalue weighted by molar-refractivity contribution is -0.175. The van der Waals surface area contributed by atoms with Crippen LogP contribution >= 0.6 is 7.37 Å². The molecule has 106 valence electrons. The minimum Gasteiger partial charge on any atom is -0.433 e. The molecule has 1 aliphatic heterocycles. The monoisotopic (exact) mass is 280 g/mol. The zero-order chi connectivity index (χ0) is 13.8. The molecule has 4 atom stereocenters. The van der Waals surface area contributed by atoms with Crippen molar-refractivity contribution in [3.8, 4) is 0 Å². The van der Waals surface area contributed by atoms with Gasteiger partial charge in [-0.15, -0.1) is 0 Å². The van der Waals surface area contributed by atoms with E-state index in [9.17, 15) is 9.36 Å². The van der Waals surface area contributed by atoms with Gasteiger partial charge in [0.05, 0.1) is 6.61 Å². The van der Waals surface area contributed by atoms with Gasteiger partial charge in [0.1, 0.15) is 6.10 Å². The van der Waals surface area contributed by atoms with Crippen molar-refractivity contribution >= 4 is 13.3 Å². The second-order valence-electron chi connectivity index (χ2n) is 4.33. The normalized spacial score (nSPS) is 31.0. The molecule has 2 unspecified atom stereocenters. The number of carbonyl (C=O) groups is 1. The van der Waals surface area contributed by atoms with Crippen molar-refractivity contribution in [2.24, 2.45) is 0 Å². The van der Waals surface area contributed by atoms with E-state index in [0.29, 0.717) is 19.2 Å². The van der Waals surface area contributed by atoms with Crippen LogP contribution in [0.15, 0.2) is 0 Å². The first kappa shape index (κ1) is 15.6. The Morgan fingerprint density at radius 1 is 1.39 bits per heavy atom. The summed E-state index contributed by atoms with van der Waals surface area (Å²) in [6.45, 7) is 6.91. The van der Waals surface area contributed by atoms with Gasteiger partial charge < -0.3 is 18.7 Å². The average molecular weight is 280 g/mol. The lowest BCUT2D eigenvalue weighted by Gasteiger charge is -2.15. The van der Waals surface area contributed by atoms with E-state index >= 15 is 0 Å². The summed E-state index contributed by atoms with van der Waals surface area (Å²) in [6, 6.07) is 0. The molecule has 1 heterocycles. The van der Waals surface area contributed by atoms with Gasteiger partial charge in [-0.1, -0.05) is 0 Å². The molecule has 0 aromatic rings. The molecule has 0 N–H and O–H groups in total. The Bertz CT molecular complexity index is 331. The molecular weight excluding hydrogens is 259 g/mol. The Hall–Kier alpha value is -0.420. The van der Waals surface area contributed by atoms with Crippen LogP contribution in [0.1, 0.15) is 27.2 Å². The Labute approximate surface area is 107 Å². The Morgan fingerprint density at radius 3 is 2.61 bits per heavy atom. The van der Waals surface area contributed by atoms with Crippen LogP contribution in [-0.4, -0.2) is 44.1 Å². The summed E-state index contributed by atoms with van der Waals surface area (Å²) in [7, 11) is -2.58. The van der Waals surface area contributed by atoms with Crippen LogP contribution in [0.5, 0.6) is 0 Å². The van der Waals surface area contributed by atoms with Crippen LogP contribution in [0.25, 0.3) is 0 Å². The second-order valence-corrected chi connectivity index (χ2v) is 7.06. The smallest absolute Gasteiger partial charge is 0.305 e. The van der Waals surface area contributed by atoms with E-state index in [0.717, 1.165) is 0 Å². The van der Waals surface area contributed by atoms with Crippen molar-refractivity contribution in [1.82, 2.24) is 0 Å². The predicted molar refractivity (Wildman–Crippen MR) is 65.6 cm³/mol. The number of hydrogen-bond donors (Lipinski definition) is 0. The average Bonchev–Trinajstić information content (AvgIpc) is 2.56. The van der Waals surface area contributed by atoms with Crippen molar-refractivity contribution in [2.45, 2.75) is 45.9 Å². The molecule has 0 aromatic heterocycles. The number of rotatable bonds is 6. The maximum absolute atomic E-state index is 11.9. The summed E-state index contributed by atoms with van der Waals surface area (Å²) in [6.07, 6.45) is -0.669. The molecule has 0 amide bonds. The summed E-state index contributed by atoms with van der Waals surface area (Å²) in [5, 5.41) is 0. The third-order valence-corrected chi connectivity index (χ3v) is 4.37. The first-order valence-electron chi connectivity index (χ1n) is 6.03. The zero-order valence-corrected chi connectivity index (χ0v) is 12.1. The van der Waals surface area contributed by atoms with Gasteiger partial charge in [-0.3, -0.25) is 9.36 Å². The van der Waals surface area contributed by atoms with Gasteiger partial charge in [0.25, 0.3) is 0 Å². The SMILES string of the molecule is CCOP(C)(=O)CC[C@@H]1OC(OC(C)=O)[C@@H](C)O1. The third kappa shape index (κ3) is 5.06. The van der Waals surface area contributed by atoms with E-state index in [1.165, 1.54) is 6.92 Å². The molecule has 0 spiro atoms. The Kier molecular flexibility index (Phi) is 5.79. The van der Waals surface area contributed by atoms with Gasteiger partial charge in [-0.05, 0) is 13.8 Å². The van der Waals surface area contributed by atoms with Crippen LogP contribution in [0.2, 0.25) is 0 Å². The molecule has 1 fully saturated rings. The lowest BCUT2D eigenvalue weighted by Crippen LogP contribution is -2.24. The van der Waals surface area contributed by atoms with E-state index in [4.69, 9.17) is 18.7 Å². The summed E-state index contributed by atoms with van der Waals surface area (Å²) in [5.41, 5.74) is 0. The van der Waals surface area contributed by atoms with Gasteiger partial charge in [-0.25, -0.2) is 0 Å². The molecule has 1 rings (SSSR count). The largest absolute Gasteiger partial charge is 0.433 e. The van der Waals surface area contributed by atoms with Crippen LogP contribution < -0.4 is 0 Å². The molecule has 1 aliphatic rings. The van der Waals surface area contributed by atoms with E-state index in [-0.39, 0.29) is 6.10 Å². The van der Waals surface area contributed by atoms with Crippen molar-refractivity contribution in [3.63, 3.8) is 0 Å². The zero-order valence-electron chi connectivity index (χ0n) is 11.3. The number of carbonyl (C=O) groups excluding carboxylic acids is 1. The highest BCUT2D eigenvalue weighted by molar-refractivity contribution is 7.58. The lowest BCUT2D eigenvalue weighted by atomic mass is 10.4. The molecule has 0 aromatic carbocycles. The van der Waals surface area contributed by atoms with Crippen LogP contribution in [-0.2, 0) is 28.1 Å². The fourth-order valence-electron chi connectivity index (χ4n) is 1.70. The van der Waals surface area contributed by atoms with Crippen molar-refractivity contribution in [2.75, 3.05) is 19.4 Å². The Balaban J connectivity index is 2.37. The molecule has 18 heavy (non-hydrogen) atoms. The first-order chi connectivity index (χ1) is 8.34. The molecule has 0 radical (unpaired) electrons. The summed E-state index contributed by atoms with van der Waals surface area (Å²) >= 11 is 0.